The van der Waals surface area contributed by atoms with Crippen molar-refractivity contribution in [3.63, 3.8) is 0 Å². The van der Waals surface area contributed by atoms with Gasteiger partial charge in [0.1, 0.15) is 11.2 Å². The van der Waals surface area contributed by atoms with E-state index < -0.39 is 0 Å². The van der Waals surface area contributed by atoms with Gasteiger partial charge in [-0.1, -0.05) is 182 Å². The average Bonchev–Trinajstić information content (AvgIpc) is 3.66. The standard InChI is InChI=1S/C51H33N3O/c1-5-15-34(16-6-1)40-23-13-24-41(31-40)51-53-49(38-21-11-4-12-22-38)52-50(54-51)39-29-27-37(28-30-39)43-25-14-26-44-46-33-42(35-17-7-2-8-18-35)32-45(48(46)55-47(43)44)36-19-9-3-10-20-36/h1-33H. The molecule has 0 aliphatic carbocycles. The highest BCUT2D eigenvalue weighted by atomic mass is 16.3. The van der Waals surface area contributed by atoms with E-state index in [-0.39, 0.29) is 0 Å². The zero-order valence-corrected chi connectivity index (χ0v) is 29.8. The summed E-state index contributed by atoms with van der Waals surface area (Å²) in [5.41, 5.74) is 13.4. The van der Waals surface area contributed by atoms with E-state index in [4.69, 9.17) is 19.4 Å². The Hall–Kier alpha value is -7.43. The average molecular weight is 704 g/mol. The van der Waals surface area contributed by atoms with E-state index in [0.29, 0.717) is 17.5 Å². The molecule has 10 rings (SSSR count). The van der Waals surface area contributed by atoms with Gasteiger partial charge in [-0.2, -0.15) is 0 Å². The van der Waals surface area contributed by atoms with Crippen LogP contribution in [-0.2, 0) is 0 Å². The molecule has 0 spiro atoms. The van der Waals surface area contributed by atoms with E-state index in [1.54, 1.807) is 0 Å². The molecule has 55 heavy (non-hydrogen) atoms. The number of fused-ring (bicyclic) bond motifs is 3. The monoisotopic (exact) mass is 703 g/mol. The fourth-order valence-electron chi connectivity index (χ4n) is 7.37. The largest absolute Gasteiger partial charge is 0.455 e. The van der Waals surface area contributed by atoms with Crippen molar-refractivity contribution in [1.29, 1.82) is 0 Å². The number of benzene rings is 8. The number of furan rings is 1. The summed E-state index contributed by atoms with van der Waals surface area (Å²) >= 11 is 0. The van der Waals surface area contributed by atoms with Crippen LogP contribution in [0.4, 0.5) is 0 Å². The maximum absolute atomic E-state index is 6.87. The smallest absolute Gasteiger partial charge is 0.164 e. The third-order valence-corrected chi connectivity index (χ3v) is 10.1. The molecule has 2 heterocycles. The number of hydrogen-bond donors (Lipinski definition) is 0. The van der Waals surface area contributed by atoms with Gasteiger partial charge in [-0.25, -0.2) is 15.0 Å². The molecule has 4 nitrogen and oxygen atoms in total. The third kappa shape index (κ3) is 6.16. The number of aromatic nitrogens is 3. The van der Waals surface area contributed by atoms with Crippen molar-refractivity contribution < 1.29 is 4.42 Å². The number of para-hydroxylation sites is 1. The van der Waals surface area contributed by atoms with Crippen LogP contribution in [0.2, 0.25) is 0 Å². The van der Waals surface area contributed by atoms with E-state index in [1.165, 1.54) is 5.56 Å². The molecule has 0 bridgehead atoms. The predicted octanol–water partition coefficient (Wildman–Crippen LogP) is 13.4. The van der Waals surface area contributed by atoms with Gasteiger partial charge in [0.25, 0.3) is 0 Å². The summed E-state index contributed by atoms with van der Waals surface area (Å²) in [6.45, 7) is 0. The first-order valence-corrected chi connectivity index (χ1v) is 18.4. The van der Waals surface area contributed by atoms with Crippen LogP contribution in [0.15, 0.2) is 205 Å². The normalized spacial score (nSPS) is 11.3. The maximum Gasteiger partial charge on any atom is 0.164 e. The van der Waals surface area contributed by atoms with Gasteiger partial charge >= 0.3 is 0 Å². The second-order valence-corrected chi connectivity index (χ2v) is 13.6. The Labute approximate surface area is 319 Å². The van der Waals surface area contributed by atoms with E-state index in [1.807, 2.05) is 42.5 Å². The first-order chi connectivity index (χ1) is 27.2. The lowest BCUT2D eigenvalue weighted by Crippen LogP contribution is -2.00. The molecule has 0 amide bonds. The first kappa shape index (κ1) is 32.2. The highest BCUT2D eigenvalue weighted by Crippen LogP contribution is 2.42. The van der Waals surface area contributed by atoms with Crippen LogP contribution in [0, 0.1) is 0 Å². The Morgan fingerprint density at radius 3 is 1.33 bits per heavy atom. The summed E-state index contributed by atoms with van der Waals surface area (Å²) < 4.78 is 6.87. The molecule has 0 atom stereocenters. The molecule has 10 aromatic rings. The van der Waals surface area contributed by atoms with E-state index in [2.05, 4.69) is 158 Å². The van der Waals surface area contributed by atoms with E-state index >= 15 is 0 Å². The van der Waals surface area contributed by atoms with Gasteiger partial charge in [0.05, 0.1) is 0 Å². The zero-order valence-electron chi connectivity index (χ0n) is 29.8. The van der Waals surface area contributed by atoms with Crippen molar-refractivity contribution in [1.82, 2.24) is 15.0 Å². The predicted molar refractivity (Wildman–Crippen MR) is 225 cm³/mol. The van der Waals surface area contributed by atoms with Crippen LogP contribution in [0.25, 0.3) is 101 Å². The highest BCUT2D eigenvalue weighted by molar-refractivity contribution is 6.14. The van der Waals surface area contributed by atoms with Gasteiger partial charge < -0.3 is 4.42 Å². The van der Waals surface area contributed by atoms with E-state index in [0.717, 1.165) is 77.6 Å². The van der Waals surface area contributed by atoms with Gasteiger partial charge in [-0.15, -0.1) is 0 Å². The Morgan fingerprint density at radius 2 is 0.691 bits per heavy atom. The fourth-order valence-corrected chi connectivity index (χ4v) is 7.37. The Morgan fingerprint density at radius 1 is 0.255 bits per heavy atom. The molecule has 0 N–H and O–H groups in total. The van der Waals surface area contributed by atoms with Gasteiger partial charge in [0.15, 0.2) is 17.5 Å². The molecular weight excluding hydrogens is 671 g/mol. The minimum absolute atomic E-state index is 0.614. The summed E-state index contributed by atoms with van der Waals surface area (Å²) in [7, 11) is 0. The molecule has 8 aromatic carbocycles. The Bertz CT molecular complexity index is 2940. The fraction of sp³-hybridized carbons (Fsp3) is 0. The molecule has 4 heteroatoms. The summed E-state index contributed by atoms with van der Waals surface area (Å²) in [5.74, 6) is 1.87. The van der Waals surface area contributed by atoms with Crippen LogP contribution in [-0.4, -0.2) is 15.0 Å². The zero-order chi connectivity index (χ0) is 36.6. The second-order valence-electron chi connectivity index (χ2n) is 13.6. The first-order valence-electron chi connectivity index (χ1n) is 18.4. The summed E-state index contributed by atoms with van der Waals surface area (Å²) in [6.07, 6.45) is 0. The van der Waals surface area contributed by atoms with Crippen LogP contribution in [0.3, 0.4) is 0 Å². The minimum Gasteiger partial charge on any atom is -0.455 e. The Kier molecular flexibility index (Phi) is 8.12. The van der Waals surface area contributed by atoms with Gasteiger partial charge in [-0.3, -0.25) is 0 Å². The quantitative estimate of drug-likeness (QED) is 0.166. The van der Waals surface area contributed by atoms with Crippen LogP contribution >= 0.6 is 0 Å². The van der Waals surface area contributed by atoms with Crippen molar-refractivity contribution in [2.45, 2.75) is 0 Å². The van der Waals surface area contributed by atoms with Crippen molar-refractivity contribution in [3.8, 4) is 78.7 Å². The van der Waals surface area contributed by atoms with Gasteiger partial charge in [0.2, 0.25) is 0 Å². The molecule has 0 saturated carbocycles. The number of nitrogens with zero attached hydrogens (tertiary/aromatic N) is 3. The Balaban J connectivity index is 1.08. The molecule has 0 saturated heterocycles. The molecule has 0 aliphatic heterocycles. The summed E-state index contributed by atoms with van der Waals surface area (Å²) in [6, 6.07) is 69.2. The summed E-state index contributed by atoms with van der Waals surface area (Å²) in [5, 5.41) is 2.18. The van der Waals surface area contributed by atoms with E-state index in [9.17, 15) is 0 Å². The molecule has 0 aliphatic rings. The molecular formula is C51H33N3O. The van der Waals surface area contributed by atoms with Crippen LogP contribution in [0.1, 0.15) is 0 Å². The van der Waals surface area contributed by atoms with Crippen molar-refractivity contribution in [3.05, 3.63) is 200 Å². The maximum atomic E-state index is 6.87. The molecule has 0 unspecified atom stereocenters. The van der Waals surface area contributed by atoms with Crippen molar-refractivity contribution >= 4 is 21.9 Å². The van der Waals surface area contributed by atoms with Gasteiger partial charge in [-0.05, 0) is 51.6 Å². The summed E-state index contributed by atoms with van der Waals surface area (Å²) in [4.78, 5) is 15.0. The third-order valence-electron chi connectivity index (χ3n) is 10.1. The highest BCUT2D eigenvalue weighted by Gasteiger charge is 2.19. The van der Waals surface area contributed by atoms with Crippen LogP contribution in [0.5, 0.6) is 0 Å². The lowest BCUT2D eigenvalue weighted by Gasteiger charge is -2.10. The molecule has 0 radical (unpaired) electrons. The lowest BCUT2D eigenvalue weighted by atomic mass is 9.95. The van der Waals surface area contributed by atoms with Crippen molar-refractivity contribution in [2.75, 3.05) is 0 Å². The number of hydrogen-bond acceptors (Lipinski definition) is 4. The van der Waals surface area contributed by atoms with Crippen molar-refractivity contribution in [2.24, 2.45) is 0 Å². The lowest BCUT2D eigenvalue weighted by molar-refractivity contribution is 0.671. The second kappa shape index (κ2) is 13.8. The molecule has 2 aromatic heterocycles. The molecule has 258 valence electrons. The van der Waals surface area contributed by atoms with Crippen LogP contribution < -0.4 is 0 Å². The van der Waals surface area contributed by atoms with Gasteiger partial charge in [0, 0.05) is 38.6 Å². The number of rotatable bonds is 7. The SMILES string of the molecule is c1ccc(-c2cccc(-c3nc(-c4ccccc4)nc(-c4ccc(-c5cccc6c5oc5c(-c7ccccc7)cc(-c7ccccc7)cc56)cc4)n3)c2)cc1. The minimum atomic E-state index is 0.614. The topological polar surface area (TPSA) is 51.8 Å². The molecule has 0 fully saturated rings.